The molecular formula is C21H20ClN3O3S. The van der Waals surface area contributed by atoms with E-state index in [4.69, 9.17) is 21.1 Å². The highest BCUT2D eigenvalue weighted by Gasteiger charge is 2.18. The number of hydrogen-bond acceptors (Lipinski definition) is 5. The van der Waals surface area contributed by atoms with E-state index < -0.39 is 0 Å². The zero-order valence-corrected chi connectivity index (χ0v) is 17.6. The molecule has 0 aliphatic carbocycles. The number of hydrogen-bond donors (Lipinski definition) is 1. The maximum Gasteiger partial charge on any atom is 0.295 e. The van der Waals surface area contributed by atoms with Crippen molar-refractivity contribution >= 4 is 34.0 Å². The molecule has 0 atom stereocenters. The van der Waals surface area contributed by atoms with Gasteiger partial charge in [0, 0.05) is 33.9 Å². The third kappa shape index (κ3) is 4.16. The van der Waals surface area contributed by atoms with Crippen LogP contribution in [-0.4, -0.2) is 28.7 Å². The summed E-state index contributed by atoms with van der Waals surface area (Å²) in [6.07, 6.45) is 1.33. The Hall–Kier alpha value is -2.77. The molecule has 8 heteroatoms. The molecular weight excluding hydrogens is 410 g/mol. The number of carbonyl (C=O) groups is 1. The highest BCUT2D eigenvalue weighted by Crippen LogP contribution is 2.31. The summed E-state index contributed by atoms with van der Waals surface area (Å²) in [7, 11) is 0. The summed E-state index contributed by atoms with van der Waals surface area (Å²) in [5.41, 5.74) is 5.13. The molecule has 0 unspecified atom stereocenters. The van der Waals surface area contributed by atoms with E-state index in [1.165, 1.54) is 17.6 Å². The molecule has 1 aliphatic heterocycles. The van der Waals surface area contributed by atoms with E-state index in [9.17, 15) is 4.79 Å². The van der Waals surface area contributed by atoms with E-state index in [1.54, 1.807) is 0 Å². The van der Waals surface area contributed by atoms with Crippen molar-refractivity contribution in [2.75, 3.05) is 18.5 Å². The molecule has 1 N–H and O–H groups in total. The van der Waals surface area contributed by atoms with Gasteiger partial charge < -0.3 is 14.0 Å². The van der Waals surface area contributed by atoms with Gasteiger partial charge >= 0.3 is 0 Å². The minimum absolute atomic E-state index is 0.158. The largest absolute Gasteiger partial charge is 0.494 e. The lowest BCUT2D eigenvalue weighted by molar-refractivity contribution is -0.117. The fourth-order valence-corrected chi connectivity index (χ4v) is 4.10. The molecule has 0 saturated heterocycles. The van der Waals surface area contributed by atoms with Gasteiger partial charge in [0.1, 0.15) is 19.5 Å². The van der Waals surface area contributed by atoms with Crippen molar-refractivity contribution in [2.45, 2.75) is 20.4 Å². The molecule has 2 aromatic heterocycles. The highest BCUT2D eigenvalue weighted by molar-refractivity contribution is 7.14. The topological polar surface area (TPSA) is 65.4 Å². The lowest BCUT2D eigenvalue weighted by Gasteiger charge is -2.14. The molecule has 3 aromatic rings. The number of carbonyl (C=O) groups excluding carboxylic acids is 1. The number of anilines is 1. The van der Waals surface area contributed by atoms with Crippen molar-refractivity contribution in [3.05, 3.63) is 69.7 Å². The Bertz CT molecular complexity index is 1090. The van der Waals surface area contributed by atoms with E-state index >= 15 is 0 Å². The number of aromatic nitrogens is 2. The predicted octanol–water partition coefficient (Wildman–Crippen LogP) is 4.76. The van der Waals surface area contributed by atoms with E-state index in [0.29, 0.717) is 24.9 Å². The standard InChI is InChI=1S/C21H20ClN3O3S/c1-13-9-16(14(2)25(13)10-15-5-3-4-6-17(15)22)18-12-29-21(23-18)24-20(26)19-11-27-7-8-28-19/h3-6,9,11-12H,7-8,10H2,1-2H3,(H,23,24,26). The Balaban J connectivity index is 1.54. The molecule has 29 heavy (non-hydrogen) atoms. The Morgan fingerprint density at radius 2 is 2.14 bits per heavy atom. The molecule has 0 saturated carbocycles. The number of benzene rings is 1. The van der Waals surface area contributed by atoms with Crippen molar-refractivity contribution in [1.29, 1.82) is 0 Å². The summed E-state index contributed by atoms with van der Waals surface area (Å²) in [5, 5.41) is 5.96. The second kappa shape index (κ2) is 8.31. The minimum atomic E-state index is -0.366. The van der Waals surface area contributed by atoms with Crippen molar-refractivity contribution < 1.29 is 14.3 Å². The average Bonchev–Trinajstić information content (AvgIpc) is 3.29. The van der Waals surface area contributed by atoms with Gasteiger partial charge in [-0.25, -0.2) is 4.98 Å². The van der Waals surface area contributed by atoms with Gasteiger partial charge in [-0.1, -0.05) is 29.8 Å². The SMILES string of the molecule is Cc1cc(-c2csc(NC(=O)C3=COCCO3)n2)c(C)n1Cc1ccccc1Cl. The van der Waals surface area contributed by atoms with Crippen LogP contribution in [-0.2, 0) is 20.8 Å². The first kappa shape index (κ1) is 19.5. The summed E-state index contributed by atoms with van der Waals surface area (Å²) in [4.78, 5) is 16.8. The van der Waals surface area contributed by atoms with Crippen LogP contribution in [0.5, 0.6) is 0 Å². The normalized spacial score (nSPS) is 13.4. The van der Waals surface area contributed by atoms with Gasteiger partial charge in [-0.2, -0.15) is 0 Å². The van der Waals surface area contributed by atoms with E-state index in [1.807, 2.05) is 29.6 Å². The van der Waals surface area contributed by atoms with Crippen LogP contribution in [0.25, 0.3) is 11.3 Å². The zero-order chi connectivity index (χ0) is 20.4. The molecule has 0 radical (unpaired) electrons. The Labute approximate surface area is 177 Å². The number of halogens is 1. The number of ether oxygens (including phenoxy) is 2. The Morgan fingerprint density at radius 3 is 2.90 bits per heavy atom. The summed E-state index contributed by atoms with van der Waals surface area (Å²) >= 11 is 7.70. The van der Waals surface area contributed by atoms with E-state index in [-0.39, 0.29) is 11.7 Å². The second-order valence-electron chi connectivity index (χ2n) is 6.66. The number of aryl methyl sites for hydroxylation is 1. The number of amides is 1. The summed E-state index contributed by atoms with van der Waals surface area (Å²) in [6.45, 7) is 5.63. The number of nitrogens with one attached hydrogen (secondary N) is 1. The summed E-state index contributed by atoms with van der Waals surface area (Å²) in [5.74, 6) is -0.208. The number of rotatable bonds is 5. The van der Waals surface area contributed by atoms with Gasteiger partial charge in [0.05, 0.1) is 5.69 Å². The zero-order valence-electron chi connectivity index (χ0n) is 16.1. The average molecular weight is 430 g/mol. The van der Waals surface area contributed by atoms with Crippen molar-refractivity contribution in [1.82, 2.24) is 9.55 Å². The molecule has 6 nitrogen and oxygen atoms in total. The monoisotopic (exact) mass is 429 g/mol. The highest BCUT2D eigenvalue weighted by atomic mass is 35.5. The van der Waals surface area contributed by atoms with Crippen LogP contribution in [0.4, 0.5) is 5.13 Å². The summed E-state index contributed by atoms with van der Waals surface area (Å²) in [6, 6.07) is 9.95. The lowest BCUT2D eigenvalue weighted by Crippen LogP contribution is -2.21. The number of nitrogens with zero attached hydrogens (tertiary/aromatic N) is 2. The quantitative estimate of drug-likeness (QED) is 0.635. The molecule has 0 bridgehead atoms. The van der Waals surface area contributed by atoms with Crippen LogP contribution in [0.3, 0.4) is 0 Å². The van der Waals surface area contributed by atoms with Gasteiger partial charge in [-0.15, -0.1) is 11.3 Å². The number of thiazole rings is 1. The van der Waals surface area contributed by atoms with Gasteiger partial charge in [0.2, 0.25) is 5.76 Å². The molecule has 4 rings (SSSR count). The predicted molar refractivity (Wildman–Crippen MR) is 114 cm³/mol. The maximum atomic E-state index is 12.2. The molecule has 1 aliphatic rings. The van der Waals surface area contributed by atoms with Crippen LogP contribution >= 0.6 is 22.9 Å². The van der Waals surface area contributed by atoms with Crippen molar-refractivity contribution in [3.8, 4) is 11.3 Å². The van der Waals surface area contributed by atoms with Gasteiger partial charge in [-0.05, 0) is 31.5 Å². The molecule has 1 aromatic carbocycles. The van der Waals surface area contributed by atoms with Crippen LogP contribution in [0.2, 0.25) is 5.02 Å². The van der Waals surface area contributed by atoms with Crippen LogP contribution < -0.4 is 5.32 Å². The van der Waals surface area contributed by atoms with E-state index in [0.717, 1.165) is 33.2 Å². The Morgan fingerprint density at radius 1 is 1.31 bits per heavy atom. The smallest absolute Gasteiger partial charge is 0.295 e. The van der Waals surface area contributed by atoms with Crippen LogP contribution in [0.1, 0.15) is 17.0 Å². The van der Waals surface area contributed by atoms with Gasteiger partial charge in [0.25, 0.3) is 5.91 Å². The second-order valence-corrected chi connectivity index (χ2v) is 7.92. The first-order valence-electron chi connectivity index (χ1n) is 9.15. The van der Waals surface area contributed by atoms with Gasteiger partial charge in [0.15, 0.2) is 5.13 Å². The molecule has 150 valence electrons. The van der Waals surface area contributed by atoms with Crippen molar-refractivity contribution in [3.63, 3.8) is 0 Å². The Kier molecular flexibility index (Phi) is 5.60. The molecule has 0 spiro atoms. The lowest BCUT2D eigenvalue weighted by atomic mass is 10.2. The molecule has 3 heterocycles. The van der Waals surface area contributed by atoms with Crippen LogP contribution in [0, 0.1) is 13.8 Å². The minimum Gasteiger partial charge on any atom is -0.494 e. The van der Waals surface area contributed by atoms with Crippen molar-refractivity contribution in [2.24, 2.45) is 0 Å². The third-order valence-corrected chi connectivity index (χ3v) is 5.86. The summed E-state index contributed by atoms with van der Waals surface area (Å²) < 4.78 is 12.6. The fourth-order valence-electron chi connectivity index (χ4n) is 3.20. The van der Waals surface area contributed by atoms with Gasteiger partial charge in [-0.3, -0.25) is 10.1 Å². The molecule has 1 amide bonds. The first-order valence-corrected chi connectivity index (χ1v) is 10.4. The first-order chi connectivity index (χ1) is 14.0. The maximum absolute atomic E-state index is 12.2. The fraction of sp³-hybridized carbons (Fsp3) is 0.238. The molecule has 0 fully saturated rings. The third-order valence-electron chi connectivity index (χ3n) is 4.73. The van der Waals surface area contributed by atoms with Crippen LogP contribution in [0.15, 0.2) is 47.7 Å². The van der Waals surface area contributed by atoms with E-state index in [2.05, 4.69) is 34.8 Å².